The number of hydrogen-bond acceptors (Lipinski definition) is 5. The summed E-state index contributed by atoms with van der Waals surface area (Å²) in [6.07, 6.45) is 1.85. The van der Waals surface area contributed by atoms with Crippen molar-refractivity contribution in [3.63, 3.8) is 0 Å². The summed E-state index contributed by atoms with van der Waals surface area (Å²) < 4.78 is 14.2. The van der Waals surface area contributed by atoms with Crippen LogP contribution in [0.1, 0.15) is 17.0 Å². The first-order valence-corrected chi connectivity index (χ1v) is 11.3. The van der Waals surface area contributed by atoms with Crippen LogP contribution in [0.2, 0.25) is 0 Å². The zero-order chi connectivity index (χ0) is 22.1. The summed E-state index contributed by atoms with van der Waals surface area (Å²) in [6.45, 7) is 5.31. The molecule has 2 aliphatic rings. The van der Waals surface area contributed by atoms with Gasteiger partial charge in [-0.2, -0.15) is 0 Å². The van der Waals surface area contributed by atoms with Gasteiger partial charge in [-0.25, -0.2) is 4.99 Å². The lowest BCUT2D eigenvalue weighted by atomic mass is 10.2. The lowest BCUT2D eigenvalue weighted by Gasteiger charge is -2.27. The molecule has 1 N–H and O–H groups in total. The molecule has 0 spiro atoms. The largest absolute Gasteiger partial charge is 0.486 e. The topological polar surface area (TPSA) is 64.9 Å². The Bertz CT molecular complexity index is 1230. The number of para-hydroxylation sites is 3. The molecule has 1 amide bonds. The number of carbonyl (C=O) groups excluding carboxylic acids is 1. The number of nitrogens with one attached hydrogen (secondary N) is 1. The maximum atomic E-state index is 12.5. The molecule has 1 unspecified atom stereocenters. The Morgan fingerprint density at radius 1 is 1.12 bits per heavy atom. The molecule has 2 aliphatic heterocycles. The van der Waals surface area contributed by atoms with E-state index < -0.39 is 0 Å². The average molecular weight is 446 g/mol. The minimum atomic E-state index is -0.130. The molecule has 0 aliphatic carbocycles. The van der Waals surface area contributed by atoms with Crippen LogP contribution < -0.4 is 14.8 Å². The van der Waals surface area contributed by atoms with E-state index in [4.69, 9.17) is 9.47 Å². The standard InChI is InChI=1S/C25H23N3O3S/c1-16-12-18(13-23-24(29)27-25(32-23)26-19-8-4-3-5-9-19)17(2)28(16)14-20-15-30-21-10-6-7-11-22(21)31-20/h3-13,20H,14-15H2,1-2H3,(H,26,27,29). The van der Waals surface area contributed by atoms with Crippen molar-refractivity contribution in [3.05, 3.63) is 82.5 Å². The zero-order valence-corrected chi connectivity index (χ0v) is 18.7. The molecular weight excluding hydrogens is 422 g/mol. The second kappa shape index (κ2) is 8.59. The number of hydrogen-bond donors (Lipinski definition) is 1. The van der Waals surface area contributed by atoms with Gasteiger partial charge in [-0.1, -0.05) is 30.3 Å². The summed E-state index contributed by atoms with van der Waals surface area (Å²) in [4.78, 5) is 17.6. The fraction of sp³-hybridized carbons (Fsp3) is 0.200. The fourth-order valence-electron chi connectivity index (χ4n) is 3.85. The molecule has 1 saturated heterocycles. The van der Waals surface area contributed by atoms with Gasteiger partial charge in [0.2, 0.25) is 0 Å². The molecule has 162 valence electrons. The first kappa shape index (κ1) is 20.5. The smallest absolute Gasteiger partial charge is 0.264 e. The molecule has 1 fully saturated rings. The van der Waals surface area contributed by atoms with Gasteiger partial charge >= 0.3 is 0 Å². The first-order valence-electron chi connectivity index (χ1n) is 10.5. The van der Waals surface area contributed by atoms with Crippen molar-refractivity contribution < 1.29 is 14.3 Å². The van der Waals surface area contributed by atoms with Gasteiger partial charge in [0.15, 0.2) is 22.8 Å². The molecular formula is C25H23N3O3S. The predicted octanol–water partition coefficient (Wildman–Crippen LogP) is 4.84. The van der Waals surface area contributed by atoms with E-state index in [9.17, 15) is 4.79 Å². The number of carbonyl (C=O) groups is 1. The van der Waals surface area contributed by atoms with Gasteiger partial charge in [0.05, 0.1) is 17.1 Å². The van der Waals surface area contributed by atoms with Crippen molar-refractivity contribution in [2.75, 3.05) is 6.61 Å². The van der Waals surface area contributed by atoms with E-state index in [0.29, 0.717) is 23.2 Å². The third kappa shape index (κ3) is 4.16. The normalized spacial score (nSPS) is 20.1. The molecule has 3 aromatic rings. The molecule has 1 atom stereocenters. The number of nitrogens with zero attached hydrogens (tertiary/aromatic N) is 2. The summed E-state index contributed by atoms with van der Waals surface area (Å²) >= 11 is 1.36. The SMILES string of the molecule is Cc1cc(C=C2SC(=Nc3ccccc3)NC2=O)c(C)n1CC1COc2ccccc2O1. The minimum absolute atomic E-state index is 0.0797. The summed E-state index contributed by atoms with van der Waals surface area (Å²) in [5.74, 6) is 1.43. The second-order valence-electron chi connectivity index (χ2n) is 7.75. The van der Waals surface area contributed by atoms with Crippen LogP contribution >= 0.6 is 11.8 Å². The molecule has 2 aromatic carbocycles. The Labute approximate surface area is 191 Å². The van der Waals surface area contributed by atoms with Crippen LogP contribution in [0.25, 0.3) is 6.08 Å². The third-order valence-corrected chi connectivity index (χ3v) is 6.40. The van der Waals surface area contributed by atoms with Gasteiger partial charge in [-0.3, -0.25) is 4.79 Å². The fourth-order valence-corrected chi connectivity index (χ4v) is 4.69. The highest BCUT2D eigenvalue weighted by molar-refractivity contribution is 8.18. The number of aryl methyl sites for hydroxylation is 1. The Kier molecular flexibility index (Phi) is 5.49. The molecule has 6 nitrogen and oxygen atoms in total. The Hall–Kier alpha value is -3.45. The van der Waals surface area contributed by atoms with Crippen molar-refractivity contribution in [3.8, 4) is 11.5 Å². The number of ether oxygens (including phenoxy) is 2. The van der Waals surface area contributed by atoms with Gasteiger partial charge in [-0.15, -0.1) is 0 Å². The quantitative estimate of drug-likeness (QED) is 0.584. The monoisotopic (exact) mass is 445 g/mol. The maximum Gasteiger partial charge on any atom is 0.264 e. The lowest BCUT2D eigenvalue weighted by molar-refractivity contribution is -0.115. The molecule has 32 heavy (non-hydrogen) atoms. The minimum Gasteiger partial charge on any atom is -0.486 e. The molecule has 7 heteroatoms. The molecule has 3 heterocycles. The number of amidine groups is 1. The Morgan fingerprint density at radius 3 is 2.69 bits per heavy atom. The van der Waals surface area contributed by atoms with E-state index in [0.717, 1.165) is 34.1 Å². The van der Waals surface area contributed by atoms with Crippen LogP contribution in [0, 0.1) is 13.8 Å². The molecule has 0 bridgehead atoms. The van der Waals surface area contributed by atoms with Crippen molar-refractivity contribution in [1.29, 1.82) is 0 Å². The number of aliphatic imine (C=N–C) groups is 1. The highest BCUT2D eigenvalue weighted by Crippen LogP contribution is 2.32. The first-order chi connectivity index (χ1) is 15.6. The number of benzene rings is 2. The van der Waals surface area contributed by atoms with E-state index in [1.54, 1.807) is 0 Å². The molecule has 0 saturated carbocycles. The van der Waals surface area contributed by atoms with Crippen LogP contribution in [0.4, 0.5) is 5.69 Å². The Morgan fingerprint density at radius 2 is 1.88 bits per heavy atom. The van der Waals surface area contributed by atoms with Crippen molar-refractivity contribution >= 4 is 34.6 Å². The lowest BCUT2D eigenvalue weighted by Crippen LogP contribution is -2.33. The number of aromatic nitrogens is 1. The van der Waals surface area contributed by atoms with E-state index >= 15 is 0 Å². The second-order valence-corrected chi connectivity index (χ2v) is 8.78. The maximum absolute atomic E-state index is 12.5. The van der Waals surface area contributed by atoms with Crippen LogP contribution in [-0.4, -0.2) is 28.4 Å². The summed E-state index contributed by atoms with van der Waals surface area (Å²) in [7, 11) is 0. The average Bonchev–Trinajstić information content (AvgIpc) is 3.27. The van der Waals surface area contributed by atoms with Crippen LogP contribution in [0.3, 0.4) is 0 Å². The number of thioether (sulfide) groups is 1. The molecule has 1 aromatic heterocycles. The molecule has 0 radical (unpaired) electrons. The summed E-state index contributed by atoms with van der Waals surface area (Å²) in [6, 6.07) is 19.4. The number of amides is 1. The van der Waals surface area contributed by atoms with Crippen LogP contribution in [-0.2, 0) is 11.3 Å². The molecule has 5 rings (SSSR count). The van der Waals surface area contributed by atoms with Crippen molar-refractivity contribution in [1.82, 2.24) is 9.88 Å². The predicted molar refractivity (Wildman–Crippen MR) is 128 cm³/mol. The number of rotatable bonds is 4. The number of fused-ring (bicyclic) bond motifs is 1. The Balaban J connectivity index is 1.34. The van der Waals surface area contributed by atoms with E-state index in [1.807, 2.05) is 60.7 Å². The van der Waals surface area contributed by atoms with Crippen molar-refractivity contribution in [2.45, 2.75) is 26.5 Å². The van der Waals surface area contributed by atoms with Crippen LogP contribution in [0.5, 0.6) is 11.5 Å². The highest BCUT2D eigenvalue weighted by Gasteiger charge is 2.26. The van der Waals surface area contributed by atoms with E-state index in [1.165, 1.54) is 11.8 Å². The summed E-state index contributed by atoms with van der Waals surface area (Å²) in [5, 5.41) is 3.44. The van der Waals surface area contributed by atoms with Gasteiger partial charge in [0, 0.05) is 11.4 Å². The highest BCUT2D eigenvalue weighted by atomic mass is 32.2. The van der Waals surface area contributed by atoms with Crippen LogP contribution in [0.15, 0.2) is 70.6 Å². The van der Waals surface area contributed by atoms with Gasteiger partial charge in [0.25, 0.3) is 5.91 Å². The zero-order valence-electron chi connectivity index (χ0n) is 17.9. The summed E-state index contributed by atoms with van der Waals surface area (Å²) in [5.41, 5.74) is 4.02. The van der Waals surface area contributed by atoms with E-state index in [2.05, 4.69) is 34.8 Å². The van der Waals surface area contributed by atoms with E-state index in [-0.39, 0.29) is 12.0 Å². The third-order valence-electron chi connectivity index (χ3n) is 5.49. The van der Waals surface area contributed by atoms with Gasteiger partial charge in [-0.05, 0) is 67.6 Å². The van der Waals surface area contributed by atoms with Crippen molar-refractivity contribution in [2.24, 2.45) is 4.99 Å². The van der Waals surface area contributed by atoms with Gasteiger partial charge < -0.3 is 19.4 Å². The van der Waals surface area contributed by atoms with Gasteiger partial charge in [0.1, 0.15) is 6.61 Å².